The number of hydrogen-bond acceptors (Lipinski definition) is 3. The summed E-state index contributed by atoms with van der Waals surface area (Å²) in [6, 6.07) is 0. The largest absolute Gasteiger partial charge is 0.274 e. The molecule has 0 spiro atoms. The second-order valence-corrected chi connectivity index (χ2v) is 5.37. The first-order chi connectivity index (χ1) is 5.31. The molecule has 0 bridgehead atoms. The van der Waals surface area contributed by atoms with Crippen LogP contribution in [0.25, 0.3) is 0 Å². The van der Waals surface area contributed by atoms with E-state index in [9.17, 15) is 8.42 Å². The smallest absolute Gasteiger partial charge is 0.263 e. The molecule has 1 aliphatic rings. The van der Waals surface area contributed by atoms with E-state index in [1.165, 1.54) is 6.08 Å². The van der Waals surface area contributed by atoms with Gasteiger partial charge in [-0.3, -0.25) is 4.18 Å². The normalized spacial score (nSPS) is 37.9. The summed E-state index contributed by atoms with van der Waals surface area (Å²) in [6.45, 7) is 8.91. The minimum absolute atomic E-state index is 0.0417. The average molecular weight is 190 g/mol. The third-order valence-electron chi connectivity index (χ3n) is 2.49. The molecule has 0 aliphatic carbocycles. The van der Waals surface area contributed by atoms with Crippen molar-refractivity contribution in [3.8, 4) is 0 Å². The van der Waals surface area contributed by atoms with Crippen molar-refractivity contribution < 1.29 is 12.6 Å². The van der Waals surface area contributed by atoms with Crippen molar-refractivity contribution in [3.05, 3.63) is 12.7 Å². The van der Waals surface area contributed by atoms with Crippen LogP contribution in [0.5, 0.6) is 0 Å². The third-order valence-corrected chi connectivity index (χ3v) is 4.42. The molecule has 1 fully saturated rings. The van der Waals surface area contributed by atoms with Crippen molar-refractivity contribution in [3.63, 3.8) is 0 Å². The molecule has 0 N–H and O–H groups in total. The Hall–Kier alpha value is -0.350. The monoisotopic (exact) mass is 190 g/mol. The minimum Gasteiger partial charge on any atom is -0.263 e. The Bertz CT molecular complexity index is 289. The molecule has 1 heterocycles. The van der Waals surface area contributed by atoms with Crippen LogP contribution in [0.3, 0.4) is 0 Å². The quantitative estimate of drug-likeness (QED) is 0.462. The lowest BCUT2D eigenvalue weighted by Crippen LogP contribution is -2.28. The van der Waals surface area contributed by atoms with Crippen LogP contribution < -0.4 is 0 Å². The van der Waals surface area contributed by atoms with Crippen LogP contribution in [0.1, 0.15) is 20.8 Å². The summed E-state index contributed by atoms with van der Waals surface area (Å²) < 4.78 is 27.6. The zero-order valence-electron chi connectivity index (χ0n) is 7.57. The Kier molecular flexibility index (Phi) is 2.08. The lowest BCUT2D eigenvalue weighted by molar-refractivity contribution is 0.0973. The summed E-state index contributed by atoms with van der Waals surface area (Å²) in [5.74, 6) is -0.0417. The first kappa shape index (κ1) is 9.74. The fourth-order valence-electron chi connectivity index (χ4n) is 1.40. The van der Waals surface area contributed by atoms with Gasteiger partial charge in [0.1, 0.15) is 5.25 Å². The summed E-state index contributed by atoms with van der Waals surface area (Å²) >= 11 is 0. The highest BCUT2D eigenvalue weighted by Crippen LogP contribution is 2.38. The fraction of sp³-hybridized carbons (Fsp3) is 0.750. The van der Waals surface area contributed by atoms with Gasteiger partial charge in [0.15, 0.2) is 0 Å². The zero-order chi connectivity index (χ0) is 9.57. The highest BCUT2D eigenvalue weighted by molar-refractivity contribution is 7.87. The van der Waals surface area contributed by atoms with Gasteiger partial charge in [0.05, 0.1) is 5.60 Å². The molecule has 0 amide bonds. The van der Waals surface area contributed by atoms with Crippen molar-refractivity contribution in [2.75, 3.05) is 0 Å². The van der Waals surface area contributed by atoms with E-state index in [2.05, 4.69) is 6.58 Å². The average Bonchev–Trinajstić information content (AvgIpc) is 1.98. The first-order valence-corrected chi connectivity index (χ1v) is 5.35. The predicted molar refractivity (Wildman–Crippen MR) is 47.2 cm³/mol. The molecule has 1 saturated heterocycles. The molecule has 3 nitrogen and oxygen atoms in total. The van der Waals surface area contributed by atoms with Gasteiger partial charge in [-0.15, -0.1) is 6.58 Å². The van der Waals surface area contributed by atoms with E-state index < -0.39 is 21.0 Å². The van der Waals surface area contributed by atoms with Gasteiger partial charge in [-0.2, -0.15) is 8.42 Å². The topological polar surface area (TPSA) is 43.4 Å². The van der Waals surface area contributed by atoms with Crippen LogP contribution >= 0.6 is 0 Å². The van der Waals surface area contributed by atoms with Crippen molar-refractivity contribution in [2.45, 2.75) is 31.6 Å². The molecule has 2 unspecified atom stereocenters. The van der Waals surface area contributed by atoms with Gasteiger partial charge < -0.3 is 0 Å². The van der Waals surface area contributed by atoms with Crippen LogP contribution in [0.2, 0.25) is 0 Å². The van der Waals surface area contributed by atoms with E-state index in [1.54, 1.807) is 13.8 Å². The first-order valence-electron chi connectivity index (χ1n) is 3.88. The Morgan fingerprint density at radius 1 is 1.50 bits per heavy atom. The maximum Gasteiger partial charge on any atom is 0.274 e. The molecule has 1 aliphatic heterocycles. The molecule has 1 rings (SSSR count). The van der Waals surface area contributed by atoms with Crippen molar-refractivity contribution in [1.82, 2.24) is 0 Å². The SMILES string of the molecule is C=CC1C(C)C(C)(C)OS1(=O)=O. The molecule has 0 radical (unpaired) electrons. The molecule has 70 valence electrons. The van der Waals surface area contributed by atoms with Crippen LogP contribution in [-0.2, 0) is 14.3 Å². The van der Waals surface area contributed by atoms with E-state index >= 15 is 0 Å². The highest BCUT2D eigenvalue weighted by atomic mass is 32.2. The summed E-state index contributed by atoms with van der Waals surface area (Å²) in [6.07, 6.45) is 1.44. The summed E-state index contributed by atoms with van der Waals surface area (Å²) in [4.78, 5) is 0. The van der Waals surface area contributed by atoms with E-state index in [0.29, 0.717) is 0 Å². The van der Waals surface area contributed by atoms with Crippen molar-refractivity contribution >= 4 is 10.1 Å². The summed E-state index contributed by atoms with van der Waals surface area (Å²) in [5.41, 5.74) is -0.600. The highest BCUT2D eigenvalue weighted by Gasteiger charge is 2.49. The van der Waals surface area contributed by atoms with E-state index in [-0.39, 0.29) is 5.92 Å². The molecule has 0 saturated carbocycles. The zero-order valence-corrected chi connectivity index (χ0v) is 8.39. The van der Waals surface area contributed by atoms with Crippen LogP contribution in [-0.4, -0.2) is 19.3 Å². The van der Waals surface area contributed by atoms with Crippen LogP contribution in [0, 0.1) is 5.92 Å². The standard InChI is InChI=1S/C8H14O3S/c1-5-7-6(2)8(3,4)11-12(7,9)10/h5-7H,1H2,2-4H3. The van der Waals surface area contributed by atoms with Gasteiger partial charge >= 0.3 is 0 Å². The summed E-state index contributed by atoms with van der Waals surface area (Å²) in [7, 11) is -3.41. The Morgan fingerprint density at radius 3 is 2.17 bits per heavy atom. The van der Waals surface area contributed by atoms with Gasteiger partial charge in [0.25, 0.3) is 10.1 Å². The van der Waals surface area contributed by atoms with Crippen molar-refractivity contribution in [1.29, 1.82) is 0 Å². The maximum absolute atomic E-state index is 11.3. The van der Waals surface area contributed by atoms with E-state index in [0.717, 1.165) is 0 Å². The van der Waals surface area contributed by atoms with Crippen LogP contribution in [0.15, 0.2) is 12.7 Å². The Labute approximate surface area is 73.5 Å². The molecule has 4 heteroatoms. The predicted octanol–water partition coefficient (Wildman–Crippen LogP) is 1.32. The molecule has 12 heavy (non-hydrogen) atoms. The fourth-order valence-corrected chi connectivity index (χ4v) is 3.32. The van der Waals surface area contributed by atoms with Gasteiger partial charge in [-0.05, 0) is 13.8 Å². The molecule has 2 atom stereocenters. The number of hydrogen-bond donors (Lipinski definition) is 0. The number of rotatable bonds is 1. The lowest BCUT2D eigenvalue weighted by Gasteiger charge is -2.20. The minimum atomic E-state index is -3.41. The van der Waals surface area contributed by atoms with E-state index in [1.807, 2.05) is 6.92 Å². The second kappa shape index (κ2) is 2.57. The molecular weight excluding hydrogens is 176 g/mol. The second-order valence-electron chi connectivity index (χ2n) is 3.67. The molecular formula is C8H14O3S. The Balaban J connectivity index is 3.12. The third kappa shape index (κ3) is 1.29. The Morgan fingerprint density at radius 2 is 2.00 bits per heavy atom. The van der Waals surface area contributed by atoms with Gasteiger partial charge in [-0.1, -0.05) is 13.0 Å². The van der Waals surface area contributed by atoms with Gasteiger partial charge in [-0.25, -0.2) is 0 Å². The van der Waals surface area contributed by atoms with Gasteiger partial charge in [0, 0.05) is 5.92 Å². The van der Waals surface area contributed by atoms with Crippen LogP contribution in [0.4, 0.5) is 0 Å². The van der Waals surface area contributed by atoms with E-state index in [4.69, 9.17) is 4.18 Å². The maximum atomic E-state index is 11.3. The molecule has 0 aromatic rings. The molecule has 0 aromatic heterocycles. The van der Waals surface area contributed by atoms with Crippen molar-refractivity contribution in [2.24, 2.45) is 5.92 Å². The summed E-state index contributed by atoms with van der Waals surface area (Å²) in [5, 5.41) is -0.563. The lowest BCUT2D eigenvalue weighted by atomic mass is 9.90. The molecule has 0 aromatic carbocycles. The van der Waals surface area contributed by atoms with Gasteiger partial charge in [0.2, 0.25) is 0 Å².